The van der Waals surface area contributed by atoms with E-state index in [0.717, 1.165) is 37.1 Å². The number of fused-ring (bicyclic) bond motifs is 3. The minimum absolute atomic E-state index is 0.755. The van der Waals surface area contributed by atoms with Gasteiger partial charge in [-0.2, -0.15) is 0 Å². The minimum Gasteiger partial charge on any atom is -0.497 e. The number of hydrogen-bond donors (Lipinski definition) is 1. The van der Waals surface area contributed by atoms with Gasteiger partial charge in [0.2, 0.25) is 0 Å². The second kappa shape index (κ2) is 13.3. The number of methoxy groups -OCH3 is 1. The zero-order valence-electron chi connectivity index (χ0n) is 23.7. The molecule has 0 atom stereocenters. The molecule has 1 aromatic carbocycles. The van der Waals surface area contributed by atoms with E-state index in [1.807, 2.05) is 0 Å². The number of rotatable bonds is 13. The molecule has 1 fully saturated rings. The number of ether oxygens (including phenoxy) is 1. The summed E-state index contributed by atoms with van der Waals surface area (Å²) in [6, 6.07) is 6.40. The van der Waals surface area contributed by atoms with Crippen LogP contribution in [0.25, 0.3) is 10.9 Å². The van der Waals surface area contributed by atoms with Crippen LogP contribution in [0.1, 0.15) is 51.8 Å². The third-order valence-electron chi connectivity index (χ3n) is 7.87. The van der Waals surface area contributed by atoms with E-state index in [2.05, 4.69) is 70.5 Å². The zero-order valence-corrected chi connectivity index (χ0v) is 23.7. The number of hydrogen-bond acceptors (Lipinski definition) is 5. The molecule has 0 saturated carbocycles. The van der Waals surface area contributed by atoms with Crippen molar-refractivity contribution in [2.24, 2.45) is 11.8 Å². The van der Waals surface area contributed by atoms with Crippen molar-refractivity contribution < 1.29 is 4.74 Å². The summed E-state index contributed by atoms with van der Waals surface area (Å²) in [6.07, 6.45) is 3.69. The summed E-state index contributed by atoms with van der Waals surface area (Å²) in [6.45, 7) is 23.9. The molecule has 0 bridgehead atoms. The molecular formula is C30H51N5O. The lowest BCUT2D eigenvalue weighted by atomic mass is 10.0. The number of H-pyrrole nitrogens is 1. The average molecular weight is 498 g/mol. The van der Waals surface area contributed by atoms with E-state index in [-0.39, 0.29) is 0 Å². The molecule has 202 valence electrons. The Hall–Kier alpha value is -1.60. The molecule has 6 heteroatoms. The Morgan fingerprint density at radius 2 is 1.50 bits per heavy atom. The van der Waals surface area contributed by atoms with E-state index in [0.29, 0.717) is 0 Å². The Balaban J connectivity index is 1.13. The Labute approximate surface area is 219 Å². The molecule has 0 amide bonds. The molecule has 1 N–H and O–H groups in total. The summed E-state index contributed by atoms with van der Waals surface area (Å²) < 4.78 is 5.47. The second-order valence-electron chi connectivity index (χ2n) is 12.0. The van der Waals surface area contributed by atoms with Crippen LogP contribution in [0.4, 0.5) is 0 Å². The van der Waals surface area contributed by atoms with E-state index in [4.69, 9.17) is 4.74 Å². The smallest absolute Gasteiger partial charge is 0.119 e. The minimum atomic E-state index is 0.755. The van der Waals surface area contributed by atoms with Crippen molar-refractivity contribution in [2.45, 2.75) is 53.5 Å². The topological polar surface area (TPSA) is 38.0 Å². The van der Waals surface area contributed by atoms with Crippen LogP contribution in [0.2, 0.25) is 0 Å². The highest BCUT2D eigenvalue weighted by molar-refractivity contribution is 5.86. The van der Waals surface area contributed by atoms with E-state index in [1.165, 1.54) is 100 Å². The molecule has 6 nitrogen and oxygen atoms in total. The average Bonchev–Trinajstić information content (AvgIpc) is 3.21. The molecule has 0 aliphatic carbocycles. The standard InChI is InChI=1S/C30H51N5O/c1-24(2)21-35(22-25(3)4)14-7-12-33-18-16-32(17-19-33)11-6-13-34-15-10-30-28(23-34)27-20-26(36-5)8-9-29(27)31-30/h8-9,20,24-25,31H,6-7,10-19,21-23H2,1-5H3. The van der Waals surface area contributed by atoms with Crippen LogP contribution in [0.3, 0.4) is 0 Å². The molecule has 3 heterocycles. The molecule has 2 aliphatic rings. The summed E-state index contributed by atoms with van der Waals surface area (Å²) in [4.78, 5) is 14.3. The first-order chi connectivity index (χ1) is 17.4. The van der Waals surface area contributed by atoms with Crippen LogP contribution in [0.15, 0.2) is 18.2 Å². The lowest BCUT2D eigenvalue weighted by Gasteiger charge is -2.36. The fraction of sp³-hybridized carbons (Fsp3) is 0.733. The highest BCUT2D eigenvalue weighted by atomic mass is 16.5. The van der Waals surface area contributed by atoms with Gasteiger partial charge < -0.3 is 24.4 Å². The largest absolute Gasteiger partial charge is 0.497 e. The summed E-state index contributed by atoms with van der Waals surface area (Å²) >= 11 is 0. The zero-order chi connectivity index (χ0) is 25.5. The third-order valence-corrected chi connectivity index (χ3v) is 7.87. The number of aromatic amines is 1. The third kappa shape index (κ3) is 7.70. The second-order valence-corrected chi connectivity index (χ2v) is 12.0. The molecule has 0 unspecified atom stereocenters. The van der Waals surface area contributed by atoms with Gasteiger partial charge in [0.25, 0.3) is 0 Å². The molecule has 2 aliphatic heterocycles. The van der Waals surface area contributed by atoms with E-state index in [1.54, 1.807) is 7.11 Å². The predicted molar refractivity (Wildman–Crippen MR) is 152 cm³/mol. The maximum absolute atomic E-state index is 5.47. The fourth-order valence-corrected chi connectivity index (χ4v) is 6.13. The lowest BCUT2D eigenvalue weighted by Crippen LogP contribution is -2.47. The number of piperazine rings is 1. The van der Waals surface area contributed by atoms with Gasteiger partial charge in [0.1, 0.15) is 5.75 Å². The van der Waals surface area contributed by atoms with Gasteiger partial charge in [0, 0.05) is 75.4 Å². The fourth-order valence-electron chi connectivity index (χ4n) is 6.13. The van der Waals surface area contributed by atoms with Gasteiger partial charge in [-0.1, -0.05) is 27.7 Å². The van der Waals surface area contributed by atoms with E-state index in [9.17, 15) is 0 Å². The van der Waals surface area contributed by atoms with Crippen LogP contribution >= 0.6 is 0 Å². The first-order valence-corrected chi connectivity index (χ1v) is 14.5. The Kier molecular flexibility index (Phi) is 10.1. The van der Waals surface area contributed by atoms with E-state index < -0.39 is 0 Å². The van der Waals surface area contributed by atoms with Gasteiger partial charge in [0.05, 0.1) is 7.11 Å². The summed E-state index contributed by atoms with van der Waals surface area (Å²) in [7, 11) is 1.75. The van der Waals surface area contributed by atoms with Crippen molar-refractivity contribution in [2.75, 3.05) is 79.1 Å². The predicted octanol–water partition coefficient (Wildman–Crippen LogP) is 4.55. The van der Waals surface area contributed by atoms with Gasteiger partial charge in [-0.3, -0.25) is 4.90 Å². The normalized spacial score (nSPS) is 18.1. The summed E-state index contributed by atoms with van der Waals surface area (Å²) in [5.74, 6) is 2.46. The SMILES string of the molecule is COc1ccc2[nH]c3c(c2c1)CN(CCCN1CCN(CCCN(CC(C)C)CC(C)C)CC1)CC3. The van der Waals surface area contributed by atoms with Gasteiger partial charge in [-0.25, -0.2) is 0 Å². The van der Waals surface area contributed by atoms with Gasteiger partial charge in [0.15, 0.2) is 0 Å². The molecule has 0 radical (unpaired) electrons. The maximum atomic E-state index is 5.47. The van der Waals surface area contributed by atoms with Gasteiger partial charge in [-0.15, -0.1) is 0 Å². The van der Waals surface area contributed by atoms with Crippen LogP contribution in [-0.2, 0) is 13.0 Å². The molecule has 4 rings (SSSR count). The lowest BCUT2D eigenvalue weighted by molar-refractivity contribution is 0.118. The maximum Gasteiger partial charge on any atom is 0.119 e. The number of benzene rings is 1. The van der Waals surface area contributed by atoms with Crippen LogP contribution in [0, 0.1) is 11.8 Å². The molecule has 36 heavy (non-hydrogen) atoms. The van der Waals surface area contributed by atoms with Crippen molar-refractivity contribution >= 4 is 10.9 Å². The van der Waals surface area contributed by atoms with Crippen LogP contribution < -0.4 is 4.74 Å². The molecule has 1 aromatic heterocycles. The highest BCUT2D eigenvalue weighted by Gasteiger charge is 2.22. The molecular weight excluding hydrogens is 446 g/mol. The number of nitrogens with one attached hydrogen (secondary N) is 1. The first kappa shape index (κ1) is 27.4. The van der Waals surface area contributed by atoms with Crippen molar-refractivity contribution in [3.05, 3.63) is 29.5 Å². The Morgan fingerprint density at radius 1 is 0.861 bits per heavy atom. The number of nitrogens with zero attached hydrogens (tertiary/aromatic N) is 4. The Morgan fingerprint density at radius 3 is 2.14 bits per heavy atom. The van der Waals surface area contributed by atoms with Crippen molar-refractivity contribution in [3.63, 3.8) is 0 Å². The molecule has 1 saturated heterocycles. The number of aromatic nitrogens is 1. The quantitative estimate of drug-likeness (QED) is 0.440. The Bertz CT molecular complexity index is 921. The highest BCUT2D eigenvalue weighted by Crippen LogP contribution is 2.30. The first-order valence-electron chi connectivity index (χ1n) is 14.5. The van der Waals surface area contributed by atoms with Crippen molar-refractivity contribution in [1.29, 1.82) is 0 Å². The van der Waals surface area contributed by atoms with Crippen molar-refractivity contribution in [1.82, 2.24) is 24.6 Å². The van der Waals surface area contributed by atoms with Crippen LogP contribution in [-0.4, -0.2) is 104 Å². The molecule has 2 aromatic rings. The van der Waals surface area contributed by atoms with Gasteiger partial charge >= 0.3 is 0 Å². The molecule has 0 spiro atoms. The van der Waals surface area contributed by atoms with Crippen molar-refractivity contribution in [3.8, 4) is 5.75 Å². The monoisotopic (exact) mass is 497 g/mol. The van der Waals surface area contributed by atoms with E-state index >= 15 is 0 Å². The summed E-state index contributed by atoms with van der Waals surface area (Å²) in [5, 5.41) is 1.33. The van der Waals surface area contributed by atoms with Gasteiger partial charge in [-0.05, 0) is 74.6 Å². The van der Waals surface area contributed by atoms with Crippen LogP contribution in [0.5, 0.6) is 5.75 Å². The summed E-state index contributed by atoms with van der Waals surface area (Å²) in [5.41, 5.74) is 4.14.